The first-order valence-electron chi connectivity index (χ1n) is 7.29. The van der Waals surface area contributed by atoms with Crippen LogP contribution in [-0.4, -0.2) is 20.2 Å². The second kappa shape index (κ2) is 7.66. The minimum Gasteiger partial charge on any atom is -0.375 e. The van der Waals surface area contributed by atoms with Gasteiger partial charge in [-0.25, -0.2) is 0 Å². The Kier molecular flexibility index (Phi) is 5.88. The topological polar surface area (TPSA) is 60.4 Å². The Morgan fingerprint density at radius 1 is 0.821 bits per heavy atom. The highest BCUT2D eigenvalue weighted by Gasteiger charge is 2.48. The number of hydrogen-bond acceptors (Lipinski definition) is 4. The van der Waals surface area contributed by atoms with Gasteiger partial charge in [0.05, 0.1) is 11.1 Å². The Balaban J connectivity index is 2.24. The summed E-state index contributed by atoms with van der Waals surface area (Å²) in [7, 11) is -5.94. The highest BCUT2D eigenvalue weighted by Crippen LogP contribution is 2.30. The standard InChI is InChI=1S/C17H10F6O4S/c18-16(19,20)14-6-3-11(4-7-14)1-2-12-5-8-15(13(9-12)10-24)27-28(25,26)17(21,22)23/h1-10H/b2-1+. The smallest absolute Gasteiger partial charge is 0.375 e. The van der Waals surface area contributed by atoms with Gasteiger partial charge in [-0.2, -0.15) is 34.8 Å². The zero-order valence-electron chi connectivity index (χ0n) is 13.6. The van der Waals surface area contributed by atoms with E-state index in [9.17, 15) is 39.6 Å². The summed E-state index contributed by atoms with van der Waals surface area (Å²) in [4.78, 5) is 11.0. The number of carbonyl (C=O) groups is 1. The van der Waals surface area contributed by atoms with Crippen LogP contribution in [0.1, 0.15) is 27.0 Å². The van der Waals surface area contributed by atoms with Gasteiger partial charge in [0.2, 0.25) is 0 Å². The second-order valence-corrected chi connectivity index (χ2v) is 6.89. The maximum Gasteiger partial charge on any atom is 0.534 e. The van der Waals surface area contributed by atoms with Crippen LogP contribution in [0, 0.1) is 0 Å². The van der Waals surface area contributed by atoms with Crippen molar-refractivity contribution in [1.82, 2.24) is 0 Å². The van der Waals surface area contributed by atoms with Crippen molar-refractivity contribution < 1.29 is 43.7 Å². The predicted octanol–water partition coefficient (Wildman–Crippen LogP) is 4.92. The summed E-state index contributed by atoms with van der Waals surface area (Å²) in [5.74, 6) is -0.806. The van der Waals surface area contributed by atoms with Gasteiger partial charge in [0.25, 0.3) is 0 Å². The Hall–Kier alpha value is -2.82. The molecule has 0 saturated carbocycles. The van der Waals surface area contributed by atoms with Crippen LogP contribution in [0.3, 0.4) is 0 Å². The first-order valence-corrected chi connectivity index (χ1v) is 8.69. The van der Waals surface area contributed by atoms with Gasteiger partial charge in [-0.05, 0) is 35.4 Å². The number of halogens is 6. The quantitative estimate of drug-likeness (QED) is 0.225. The summed E-state index contributed by atoms with van der Waals surface area (Å²) < 4.78 is 101. The molecule has 0 spiro atoms. The molecule has 150 valence electrons. The molecule has 2 aromatic carbocycles. The van der Waals surface area contributed by atoms with E-state index in [0.29, 0.717) is 5.56 Å². The van der Waals surface area contributed by atoms with Crippen molar-refractivity contribution >= 4 is 28.6 Å². The van der Waals surface area contributed by atoms with Gasteiger partial charge in [0.15, 0.2) is 12.0 Å². The summed E-state index contributed by atoms with van der Waals surface area (Å²) in [6.45, 7) is 0. The molecule has 0 fully saturated rings. The zero-order chi connectivity index (χ0) is 21.2. The van der Waals surface area contributed by atoms with Gasteiger partial charge >= 0.3 is 21.8 Å². The molecule has 0 aliphatic heterocycles. The number of alkyl halides is 6. The number of aldehydes is 1. The molecule has 11 heteroatoms. The molecular weight excluding hydrogens is 414 g/mol. The van der Waals surface area contributed by atoms with Crippen LogP contribution in [0.5, 0.6) is 5.75 Å². The molecule has 0 atom stereocenters. The highest BCUT2D eigenvalue weighted by atomic mass is 32.2. The third kappa shape index (κ3) is 5.12. The number of rotatable bonds is 5. The molecule has 2 aromatic rings. The van der Waals surface area contributed by atoms with E-state index in [4.69, 9.17) is 0 Å². The minimum atomic E-state index is -5.94. The van der Waals surface area contributed by atoms with Gasteiger partial charge in [0.1, 0.15) is 0 Å². The zero-order valence-corrected chi connectivity index (χ0v) is 14.4. The van der Waals surface area contributed by atoms with Crippen LogP contribution in [0.4, 0.5) is 26.3 Å². The largest absolute Gasteiger partial charge is 0.534 e. The molecule has 0 heterocycles. The average molecular weight is 424 g/mol. The van der Waals surface area contributed by atoms with Crippen LogP contribution in [-0.2, 0) is 16.3 Å². The van der Waals surface area contributed by atoms with Crippen molar-refractivity contribution in [2.45, 2.75) is 11.7 Å². The molecule has 4 nitrogen and oxygen atoms in total. The van der Waals surface area contributed by atoms with Crippen LogP contribution in [0.2, 0.25) is 0 Å². The predicted molar refractivity (Wildman–Crippen MR) is 87.8 cm³/mol. The first kappa shape index (κ1) is 21.5. The van der Waals surface area contributed by atoms with Gasteiger partial charge in [-0.3, -0.25) is 4.79 Å². The molecule has 0 unspecified atom stereocenters. The molecule has 2 rings (SSSR count). The van der Waals surface area contributed by atoms with Crippen molar-refractivity contribution in [3.8, 4) is 5.75 Å². The van der Waals surface area contributed by atoms with E-state index in [1.165, 1.54) is 30.4 Å². The molecule has 0 aromatic heterocycles. The lowest BCUT2D eigenvalue weighted by Crippen LogP contribution is -2.28. The lowest BCUT2D eigenvalue weighted by Gasteiger charge is -2.11. The van der Waals surface area contributed by atoms with E-state index in [1.54, 1.807) is 0 Å². The van der Waals surface area contributed by atoms with Gasteiger partial charge in [0, 0.05) is 0 Å². The van der Waals surface area contributed by atoms with Crippen LogP contribution >= 0.6 is 0 Å². The maximum absolute atomic E-state index is 12.5. The fraction of sp³-hybridized carbons (Fsp3) is 0.118. The van der Waals surface area contributed by atoms with Crippen LogP contribution in [0.25, 0.3) is 12.2 Å². The Morgan fingerprint density at radius 2 is 1.36 bits per heavy atom. The van der Waals surface area contributed by atoms with Crippen molar-refractivity contribution in [3.63, 3.8) is 0 Å². The number of hydrogen-bond donors (Lipinski definition) is 0. The molecule has 0 bridgehead atoms. The highest BCUT2D eigenvalue weighted by molar-refractivity contribution is 7.88. The fourth-order valence-electron chi connectivity index (χ4n) is 1.98. The molecule has 0 aliphatic rings. The molecule has 0 saturated heterocycles. The third-order valence-electron chi connectivity index (χ3n) is 3.35. The monoisotopic (exact) mass is 424 g/mol. The van der Waals surface area contributed by atoms with Crippen molar-refractivity contribution in [2.75, 3.05) is 0 Å². The van der Waals surface area contributed by atoms with Gasteiger partial charge in [-0.15, -0.1) is 0 Å². The maximum atomic E-state index is 12.5. The normalized spacial score (nSPS) is 12.9. The summed E-state index contributed by atoms with van der Waals surface area (Å²) in [5.41, 5.74) is -6.28. The van der Waals surface area contributed by atoms with E-state index in [-0.39, 0.29) is 11.8 Å². The van der Waals surface area contributed by atoms with Crippen molar-refractivity contribution in [2.24, 2.45) is 0 Å². The second-order valence-electron chi connectivity index (χ2n) is 5.35. The first-order chi connectivity index (χ1) is 12.8. The van der Waals surface area contributed by atoms with E-state index < -0.39 is 38.7 Å². The van der Waals surface area contributed by atoms with E-state index in [0.717, 1.165) is 24.3 Å². The minimum absolute atomic E-state index is 0.108. The SMILES string of the molecule is O=Cc1cc(/C=C/c2ccc(C(F)(F)F)cc2)ccc1OS(=O)(=O)C(F)(F)F. The van der Waals surface area contributed by atoms with Crippen molar-refractivity contribution in [1.29, 1.82) is 0 Å². The lowest BCUT2D eigenvalue weighted by molar-refractivity contribution is -0.137. The third-order valence-corrected chi connectivity index (χ3v) is 4.32. The Morgan fingerprint density at radius 3 is 1.86 bits per heavy atom. The lowest BCUT2D eigenvalue weighted by atomic mass is 10.1. The molecule has 0 radical (unpaired) electrons. The van der Waals surface area contributed by atoms with E-state index in [1.807, 2.05) is 0 Å². The number of carbonyl (C=O) groups excluding carboxylic acids is 1. The van der Waals surface area contributed by atoms with Crippen LogP contribution < -0.4 is 4.18 Å². The summed E-state index contributed by atoms with van der Waals surface area (Å²) in [6.07, 6.45) is -1.60. The Bertz CT molecular complexity index is 990. The van der Waals surface area contributed by atoms with E-state index >= 15 is 0 Å². The number of benzene rings is 2. The fourth-order valence-corrected chi connectivity index (χ4v) is 2.46. The average Bonchev–Trinajstić information content (AvgIpc) is 2.59. The van der Waals surface area contributed by atoms with E-state index in [2.05, 4.69) is 4.18 Å². The van der Waals surface area contributed by atoms with Crippen LogP contribution in [0.15, 0.2) is 42.5 Å². The molecule has 0 N–H and O–H groups in total. The molecular formula is C17H10F6O4S. The molecule has 0 amide bonds. The molecule has 0 aliphatic carbocycles. The molecule has 28 heavy (non-hydrogen) atoms. The summed E-state index contributed by atoms with van der Waals surface area (Å²) in [6, 6.07) is 7.24. The summed E-state index contributed by atoms with van der Waals surface area (Å²) in [5, 5.41) is 0. The van der Waals surface area contributed by atoms with Crippen molar-refractivity contribution in [3.05, 3.63) is 64.7 Å². The Labute approximate surface area is 155 Å². The van der Waals surface area contributed by atoms with Gasteiger partial charge in [-0.1, -0.05) is 30.4 Å². The van der Waals surface area contributed by atoms with Gasteiger partial charge < -0.3 is 4.18 Å². The summed E-state index contributed by atoms with van der Waals surface area (Å²) >= 11 is 0.